The minimum absolute atomic E-state index is 0.308. The monoisotopic (exact) mass is 285 g/mol. The van der Waals surface area contributed by atoms with Crippen LogP contribution in [0.15, 0.2) is 18.2 Å². The molecule has 1 aliphatic carbocycles. The predicted octanol–water partition coefficient (Wildman–Crippen LogP) is 4.14. The van der Waals surface area contributed by atoms with Crippen LogP contribution in [-0.2, 0) is 0 Å². The molecule has 1 aromatic rings. The van der Waals surface area contributed by atoms with Crippen molar-refractivity contribution in [3.63, 3.8) is 0 Å². The van der Waals surface area contributed by atoms with Gasteiger partial charge in [0.1, 0.15) is 0 Å². The molecule has 1 aliphatic heterocycles. The van der Waals surface area contributed by atoms with Gasteiger partial charge in [-0.15, -0.1) is 0 Å². The van der Waals surface area contributed by atoms with Gasteiger partial charge in [-0.2, -0.15) is 0 Å². The lowest BCUT2D eigenvalue weighted by atomic mass is 9.78. The van der Waals surface area contributed by atoms with E-state index in [9.17, 15) is 4.79 Å². The lowest BCUT2D eigenvalue weighted by Gasteiger charge is -2.43. The maximum Gasteiger partial charge on any atom is 0.177 e. The highest BCUT2D eigenvalue weighted by Crippen LogP contribution is 2.35. The Bertz CT molecular complexity index is 520. The minimum atomic E-state index is 0.308. The Morgan fingerprint density at radius 1 is 1.14 bits per heavy atom. The van der Waals surface area contributed by atoms with E-state index in [0.29, 0.717) is 18.4 Å². The number of nitrogens with zero attached hydrogens (tertiary/aromatic N) is 1. The van der Waals surface area contributed by atoms with Gasteiger partial charge in [-0.25, -0.2) is 0 Å². The Kier molecular flexibility index (Phi) is 4.44. The molecular formula is C19H27NO. The van der Waals surface area contributed by atoms with E-state index in [1.54, 1.807) is 0 Å². The quantitative estimate of drug-likeness (QED) is 0.778. The first-order valence-electron chi connectivity index (χ1n) is 8.49. The van der Waals surface area contributed by atoms with Crippen molar-refractivity contribution in [3.8, 4) is 0 Å². The molecule has 1 heterocycles. The Labute approximate surface area is 128 Å². The number of carbonyl (C=O) groups excluding carboxylic acids is 1. The van der Waals surface area contributed by atoms with E-state index >= 15 is 0 Å². The normalized spacial score (nSPS) is 26.4. The molecule has 0 aromatic heterocycles. The second-order valence-corrected chi connectivity index (χ2v) is 6.97. The molecule has 0 radical (unpaired) electrons. The standard InChI is InChI=1S/C19H27NO/c1-14-9-10-15(2)17(12-14)19(21)13-20-11-5-7-16-6-3-4-8-18(16)20/h9-10,12,16,18H,3-8,11,13H2,1-2H3/t16-,18-/m1/s1. The van der Waals surface area contributed by atoms with Crippen molar-refractivity contribution in [1.82, 2.24) is 4.90 Å². The van der Waals surface area contributed by atoms with E-state index in [0.717, 1.165) is 23.6 Å². The molecule has 2 heteroatoms. The number of hydrogen-bond donors (Lipinski definition) is 0. The van der Waals surface area contributed by atoms with Crippen molar-refractivity contribution in [2.45, 2.75) is 58.4 Å². The number of aryl methyl sites for hydroxylation is 2. The zero-order valence-corrected chi connectivity index (χ0v) is 13.4. The predicted molar refractivity (Wildman–Crippen MR) is 86.8 cm³/mol. The van der Waals surface area contributed by atoms with Crippen LogP contribution in [0.5, 0.6) is 0 Å². The molecule has 114 valence electrons. The molecule has 21 heavy (non-hydrogen) atoms. The summed E-state index contributed by atoms with van der Waals surface area (Å²) in [4.78, 5) is 15.2. The van der Waals surface area contributed by atoms with Gasteiger partial charge in [0.05, 0.1) is 6.54 Å². The lowest BCUT2D eigenvalue weighted by molar-refractivity contribution is 0.0539. The van der Waals surface area contributed by atoms with Crippen LogP contribution in [0.2, 0.25) is 0 Å². The Morgan fingerprint density at radius 3 is 2.76 bits per heavy atom. The van der Waals surface area contributed by atoms with Gasteiger partial charge in [0, 0.05) is 11.6 Å². The highest BCUT2D eigenvalue weighted by atomic mass is 16.1. The zero-order valence-electron chi connectivity index (χ0n) is 13.4. The van der Waals surface area contributed by atoms with E-state index in [-0.39, 0.29) is 0 Å². The Hall–Kier alpha value is -1.15. The van der Waals surface area contributed by atoms with Crippen LogP contribution < -0.4 is 0 Å². The second kappa shape index (κ2) is 6.31. The third kappa shape index (κ3) is 3.21. The van der Waals surface area contributed by atoms with Gasteiger partial charge >= 0.3 is 0 Å². The fraction of sp³-hybridized carbons (Fsp3) is 0.632. The highest BCUT2D eigenvalue weighted by molar-refractivity contribution is 5.99. The summed E-state index contributed by atoms with van der Waals surface area (Å²) in [5.41, 5.74) is 3.22. The summed E-state index contributed by atoms with van der Waals surface area (Å²) in [6, 6.07) is 6.88. The second-order valence-electron chi connectivity index (χ2n) is 6.97. The SMILES string of the molecule is Cc1ccc(C)c(C(=O)CN2CCC[C@H]3CCCC[C@H]32)c1. The molecule has 1 saturated carbocycles. The molecule has 2 atom stereocenters. The zero-order chi connectivity index (χ0) is 14.8. The fourth-order valence-electron chi connectivity index (χ4n) is 4.23. The topological polar surface area (TPSA) is 20.3 Å². The summed E-state index contributed by atoms with van der Waals surface area (Å²) in [6.45, 7) is 5.84. The van der Waals surface area contributed by atoms with Gasteiger partial charge < -0.3 is 0 Å². The summed E-state index contributed by atoms with van der Waals surface area (Å²) in [5.74, 6) is 1.15. The molecule has 0 unspecified atom stereocenters. The lowest BCUT2D eigenvalue weighted by Crippen LogP contribution is -2.48. The summed E-state index contributed by atoms with van der Waals surface area (Å²) < 4.78 is 0. The maximum absolute atomic E-state index is 12.7. The number of fused-ring (bicyclic) bond motifs is 1. The van der Waals surface area contributed by atoms with Gasteiger partial charge in [-0.3, -0.25) is 9.69 Å². The molecule has 0 bridgehead atoms. The van der Waals surface area contributed by atoms with Crippen molar-refractivity contribution >= 4 is 5.78 Å². The molecule has 1 aromatic carbocycles. The van der Waals surface area contributed by atoms with Crippen LogP contribution in [0.1, 0.15) is 60.0 Å². The van der Waals surface area contributed by atoms with Crippen LogP contribution in [0.4, 0.5) is 0 Å². The summed E-state index contributed by atoms with van der Waals surface area (Å²) >= 11 is 0. The number of carbonyl (C=O) groups is 1. The average molecular weight is 285 g/mol. The fourth-order valence-corrected chi connectivity index (χ4v) is 4.23. The first kappa shape index (κ1) is 14.8. The first-order valence-corrected chi connectivity index (χ1v) is 8.49. The molecule has 1 saturated heterocycles. The van der Waals surface area contributed by atoms with Crippen molar-refractivity contribution in [2.24, 2.45) is 5.92 Å². The Morgan fingerprint density at radius 2 is 1.90 bits per heavy atom. The largest absolute Gasteiger partial charge is 0.293 e. The molecule has 0 N–H and O–H groups in total. The van der Waals surface area contributed by atoms with Gasteiger partial charge in [0.2, 0.25) is 0 Å². The molecule has 0 amide bonds. The first-order chi connectivity index (χ1) is 10.1. The maximum atomic E-state index is 12.7. The van der Waals surface area contributed by atoms with Crippen LogP contribution in [0, 0.1) is 19.8 Å². The van der Waals surface area contributed by atoms with Crippen molar-refractivity contribution in [2.75, 3.05) is 13.1 Å². The third-order valence-electron chi connectivity index (χ3n) is 5.40. The average Bonchev–Trinajstić information content (AvgIpc) is 2.50. The summed E-state index contributed by atoms with van der Waals surface area (Å²) in [5, 5.41) is 0. The molecule has 2 aliphatic rings. The van der Waals surface area contributed by atoms with Crippen LogP contribution >= 0.6 is 0 Å². The van der Waals surface area contributed by atoms with E-state index in [1.165, 1.54) is 44.1 Å². The smallest absolute Gasteiger partial charge is 0.177 e. The number of ketones is 1. The van der Waals surface area contributed by atoms with Crippen molar-refractivity contribution < 1.29 is 4.79 Å². The number of hydrogen-bond acceptors (Lipinski definition) is 2. The number of Topliss-reactive ketones (excluding diaryl/α,β-unsaturated/α-hetero) is 1. The number of likely N-dealkylation sites (tertiary alicyclic amines) is 1. The highest BCUT2D eigenvalue weighted by Gasteiger charge is 2.34. The van der Waals surface area contributed by atoms with Crippen molar-refractivity contribution in [3.05, 3.63) is 34.9 Å². The van der Waals surface area contributed by atoms with E-state index in [1.807, 2.05) is 6.92 Å². The Balaban J connectivity index is 1.72. The van der Waals surface area contributed by atoms with Gasteiger partial charge in [0.25, 0.3) is 0 Å². The molecular weight excluding hydrogens is 258 g/mol. The summed E-state index contributed by atoms with van der Waals surface area (Å²) in [6.07, 6.45) is 8.04. The molecule has 2 nitrogen and oxygen atoms in total. The summed E-state index contributed by atoms with van der Waals surface area (Å²) in [7, 11) is 0. The number of rotatable bonds is 3. The minimum Gasteiger partial charge on any atom is -0.293 e. The molecule has 3 rings (SSSR count). The van der Waals surface area contributed by atoms with Gasteiger partial charge in [-0.05, 0) is 63.6 Å². The third-order valence-corrected chi connectivity index (χ3v) is 5.40. The van der Waals surface area contributed by atoms with E-state index < -0.39 is 0 Å². The van der Waals surface area contributed by atoms with Crippen molar-refractivity contribution in [1.29, 1.82) is 0 Å². The van der Waals surface area contributed by atoms with Crippen LogP contribution in [0.3, 0.4) is 0 Å². The van der Waals surface area contributed by atoms with E-state index in [4.69, 9.17) is 0 Å². The van der Waals surface area contributed by atoms with Crippen LogP contribution in [0.25, 0.3) is 0 Å². The number of piperidine rings is 1. The molecule has 2 fully saturated rings. The number of benzene rings is 1. The van der Waals surface area contributed by atoms with E-state index in [2.05, 4.69) is 30.0 Å². The molecule has 0 spiro atoms. The van der Waals surface area contributed by atoms with Gasteiger partial charge in [0.15, 0.2) is 5.78 Å². The van der Waals surface area contributed by atoms with Gasteiger partial charge in [-0.1, -0.05) is 30.5 Å². The van der Waals surface area contributed by atoms with Crippen LogP contribution in [-0.4, -0.2) is 29.8 Å².